The fourth-order valence-corrected chi connectivity index (χ4v) is 4.55. The van der Waals surface area contributed by atoms with Crippen LogP contribution in [-0.4, -0.2) is 104 Å². The standard InChI is InChI=1S/C21H28BN6O7/c29-18(13-28-10-15(24-25-28)9-26-7-5-23-6-8-26)27-11-16(12-27)34-17-2-1-14-3-4-22(32,33)35-20(14)19(17)21(30)31/h1-2,10,16,23,32-33H,3-9,11-13H2,(H,30,31)/q-1. The summed E-state index contributed by atoms with van der Waals surface area (Å²) in [7, 11) is 0. The van der Waals surface area contributed by atoms with Gasteiger partial charge < -0.3 is 34.8 Å². The molecule has 1 amide bonds. The van der Waals surface area contributed by atoms with E-state index in [0.717, 1.165) is 31.9 Å². The SMILES string of the molecule is O=C(O)c1c(OC2CN(C(=O)Cn3cc(CN4CCNCC4)nn3)C2)ccc2c1O[B-](O)(O)CC2. The normalized spacial score (nSPS) is 20.0. The van der Waals surface area contributed by atoms with Crippen molar-refractivity contribution in [1.29, 1.82) is 0 Å². The van der Waals surface area contributed by atoms with Gasteiger partial charge in [-0.05, 0) is 18.1 Å². The lowest BCUT2D eigenvalue weighted by Gasteiger charge is -2.40. The Morgan fingerprint density at radius 1 is 1.23 bits per heavy atom. The molecule has 3 aliphatic heterocycles. The van der Waals surface area contributed by atoms with Crippen molar-refractivity contribution in [2.45, 2.75) is 31.9 Å². The van der Waals surface area contributed by atoms with Crippen LogP contribution in [0.1, 0.15) is 21.6 Å². The predicted molar refractivity (Wildman–Crippen MR) is 122 cm³/mol. The van der Waals surface area contributed by atoms with Crippen molar-refractivity contribution in [2.75, 3.05) is 39.3 Å². The van der Waals surface area contributed by atoms with Crippen LogP contribution >= 0.6 is 0 Å². The lowest BCUT2D eigenvalue weighted by molar-refractivity contribution is -0.140. The summed E-state index contributed by atoms with van der Waals surface area (Å²) in [6.45, 7) is 2.03. The second-order valence-electron chi connectivity index (χ2n) is 9.22. The number of aryl methyl sites for hydroxylation is 1. The maximum Gasteiger partial charge on any atom is 0.430 e. The largest absolute Gasteiger partial charge is 0.669 e. The number of carbonyl (C=O) groups excluding carboxylic acids is 1. The van der Waals surface area contributed by atoms with Crippen molar-refractivity contribution in [3.63, 3.8) is 0 Å². The number of piperazine rings is 1. The summed E-state index contributed by atoms with van der Waals surface area (Å²) in [5, 5.41) is 40.9. The summed E-state index contributed by atoms with van der Waals surface area (Å²) >= 11 is 0. The summed E-state index contributed by atoms with van der Waals surface area (Å²) in [6.07, 6.45) is 1.67. The maximum atomic E-state index is 12.6. The van der Waals surface area contributed by atoms with Crippen LogP contribution in [0.2, 0.25) is 6.32 Å². The van der Waals surface area contributed by atoms with Gasteiger partial charge in [-0.25, -0.2) is 9.48 Å². The zero-order valence-electron chi connectivity index (χ0n) is 19.2. The Bertz CT molecular complexity index is 1110. The number of amides is 1. The van der Waals surface area contributed by atoms with E-state index in [1.807, 2.05) is 0 Å². The molecule has 0 radical (unpaired) electrons. The van der Waals surface area contributed by atoms with Gasteiger partial charge in [-0.1, -0.05) is 17.6 Å². The fraction of sp³-hybridized carbons (Fsp3) is 0.524. The van der Waals surface area contributed by atoms with Crippen molar-refractivity contribution in [3.05, 3.63) is 35.2 Å². The second kappa shape index (κ2) is 9.45. The Labute approximate surface area is 201 Å². The highest BCUT2D eigenvalue weighted by atomic mass is 16.6. The minimum absolute atomic E-state index is 0.00500. The van der Waals surface area contributed by atoms with Crippen molar-refractivity contribution in [1.82, 2.24) is 30.1 Å². The van der Waals surface area contributed by atoms with Crippen LogP contribution in [0.15, 0.2) is 18.3 Å². The number of nitrogens with one attached hydrogen (secondary N) is 1. The molecule has 188 valence electrons. The fourth-order valence-electron chi connectivity index (χ4n) is 4.55. The number of aromatic carboxylic acids is 1. The van der Waals surface area contributed by atoms with Crippen LogP contribution in [0.5, 0.6) is 11.5 Å². The Morgan fingerprint density at radius 3 is 2.74 bits per heavy atom. The molecule has 2 saturated heterocycles. The zero-order chi connectivity index (χ0) is 24.6. The molecule has 35 heavy (non-hydrogen) atoms. The van der Waals surface area contributed by atoms with E-state index < -0.39 is 18.8 Å². The number of aromatic nitrogens is 3. The molecule has 1 aromatic carbocycles. The molecule has 0 unspecified atom stereocenters. The van der Waals surface area contributed by atoms with Crippen molar-refractivity contribution in [2.24, 2.45) is 0 Å². The average Bonchev–Trinajstić information content (AvgIpc) is 3.21. The number of carboxylic acids is 1. The van der Waals surface area contributed by atoms with E-state index in [0.29, 0.717) is 25.2 Å². The van der Waals surface area contributed by atoms with Crippen LogP contribution < -0.4 is 14.7 Å². The van der Waals surface area contributed by atoms with E-state index in [-0.39, 0.29) is 42.3 Å². The number of rotatable bonds is 7. The number of hydrogen-bond donors (Lipinski definition) is 4. The van der Waals surface area contributed by atoms with Crippen molar-refractivity contribution in [3.8, 4) is 11.5 Å². The molecular formula is C21H28BN6O7-. The van der Waals surface area contributed by atoms with Gasteiger partial charge in [-0.2, -0.15) is 0 Å². The first-order chi connectivity index (χ1) is 16.8. The number of benzene rings is 1. The third kappa shape index (κ3) is 5.25. The smallest absolute Gasteiger partial charge is 0.430 e. The molecule has 5 rings (SSSR count). The molecule has 2 aromatic rings. The molecule has 3 aliphatic rings. The zero-order valence-corrected chi connectivity index (χ0v) is 19.2. The molecule has 0 aliphatic carbocycles. The predicted octanol–water partition coefficient (Wildman–Crippen LogP) is -1.47. The first-order valence-corrected chi connectivity index (χ1v) is 11.7. The number of fused-ring (bicyclic) bond motifs is 1. The molecule has 13 nitrogen and oxygen atoms in total. The summed E-state index contributed by atoms with van der Waals surface area (Å²) in [4.78, 5) is 28.4. The van der Waals surface area contributed by atoms with E-state index in [1.54, 1.807) is 23.2 Å². The lowest BCUT2D eigenvalue weighted by Crippen LogP contribution is -2.57. The molecular weight excluding hydrogens is 459 g/mol. The number of carboxylic acid groups (broad SMARTS) is 1. The van der Waals surface area contributed by atoms with E-state index in [4.69, 9.17) is 9.39 Å². The van der Waals surface area contributed by atoms with E-state index in [2.05, 4.69) is 20.5 Å². The molecule has 2 fully saturated rings. The van der Waals surface area contributed by atoms with Gasteiger partial charge >= 0.3 is 12.7 Å². The van der Waals surface area contributed by atoms with E-state index in [1.165, 1.54) is 4.68 Å². The second-order valence-corrected chi connectivity index (χ2v) is 9.22. The topological polar surface area (TPSA) is 163 Å². The van der Waals surface area contributed by atoms with Crippen LogP contribution in [-0.2, 0) is 24.3 Å². The van der Waals surface area contributed by atoms with Crippen LogP contribution in [0.4, 0.5) is 0 Å². The Kier molecular flexibility index (Phi) is 6.36. The number of hydrogen-bond acceptors (Lipinski definition) is 10. The van der Waals surface area contributed by atoms with Crippen LogP contribution in [0.3, 0.4) is 0 Å². The monoisotopic (exact) mass is 487 g/mol. The molecule has 4 heterocycles. The van der Waals surface area contributed by atoms with Gasteiger partial charge in [0.1, 0.15) is 24.0 Å². The highest BCUT2D eigenvalue weighted by molar-refractivity contribution is 6.59. The first kappa shape index (κ1) is 23.5. The number of likely N-dealkylation sites (tertiary alicyclic amines) is 1. The molecule has 0 bridgehead atoms. The van der Waals surface area contributed by atoms with Gasteiger partial charge in [0.15, 0.2) is 0 Å². The summed E-state index contributed by atoms with van der Waals surface area (Å²) in [6, 6.07) is 3.20. The minimum atomic E-state index is -3.11. The third-order valence-electron chi connectivity index (χ3n) is 6.48. The number of ether oxygens (including phenoxy) is 1. The van der Waals surface area contributed by atoms with Gasteiger partial charge in [0.2, 0.25) is 5.91 Å². The van der Waals surface area contributed by atoms with Gasteiger partial charge in [0.25, 0.3) is 0 Å². The maximum absolute atomic E-state index is 12.6. The quantitative estimate of drug-likeness (QED) is 0.337. The van der Waals surface area contributed by atoms with Gasteiger partial charge in [-0.3, -0.25) is 9.69 Å². The van der Waals surface area contributed by atoms with Gasteiger partial charge in [0.05, 0.1) is 30.7 Å². The van der Waals surface area contributed by atoms with Crippen LogP contribution in [0, 0.1) is 0 Å². The molecule has 1 aromatic heterocycles. The van der Waals surface area contributed by atoms with Crippen molar-refractivity contribution < 1.29 is 34.1 Å². The van der Waals surface area contributed by atoms with Crippen LogP contribution in [0.25, 0.3) is 0 Å². The molecule has 0 spiro atoms. The molecule has 4 N–H and O–H groups in total. The highest BCUT2D eigenvalue weighted by Crippen LogP contribution is 2.38. The van der Waals surface area contributed by atoms with Gasteiger partial charge in [0, 0.05) is 32.7 Å². The Hall–Kier alpha value is -3.20. The van der Waals surface area contributed by atoms with Crippen molar-refractivity contribution >= 4 is 18.6 Å². The van der Waals surface area contributed by atoms with E-state index >= 15 is 0 Å². The molecule has 0 saturated carbocycles. The Morgan fingerprint density at radius 2 is 2.00 bits per heavy atom. The van der Waals surface area contributed by atoms with Gasteiger partial charge in [-0.15, -0.1) is 5.10 Å². The Balaban J connectivity index is 1.16. The summed E-state index contributed by atoms with van der Waals surface area (Å²) in [5.41, 5.74) is 1.14. The minimum Gasteiger partial charge on any atom is -0.669 e. The molecule has 0 atom stereocenters. The van der Waals surface area contributed by atoms with E-state index in [9.17, 15) is 24.7 Å². The summed E-state index contributed by atoms with van der Waals surface area (Å²) < 4.78 is 12.6. The number of nitrogens with zero attached hydrogens (tertiary/aromatic N) is 5. The average molecular weight is 487 g/mol. The number of carbonyl (C=O) groups is 2. The molecule has 14 heteroatoms. The lowest BCUT2D eigenvalue weighted by atomic mass is 9.70. The third-order valence-corrected chi connectivity index (χ3v) is 6.48. The summed E-state index contributed by atoms with van der Waals surface area (Å²) in [5.74, 6) is -1.44. The first-order valence-electron chi connectivity index (χ1n) is 11.7. The highest BCUT2D eigenvalue weighted by Gasteiger charge is 2.36.